The van der Waals surface area contributed by atoms with Crippen molar-refractivity contribution < 1.29 is 5.11 Å². The minimum atomic E-state index is -0.0366. The molecule has 0 radical (unpaired) electrons. The highest BCUT2D eigenvalue weighted by atomic mass is 16.3. The number of hydrogen-bond acceptors (Lipinski definition) is 2. The SMILES string of the molecule is CC(C)C1CCC(O)CC1N(CC1CC1)C1CC1. The fourth-order valence-corrected chi connectivity index (χ4v) is 3.87. The Labute approximate surface area is 112 Å². The number of aliphatic hydroxyl groups excluding tert-OH is 1. The van der Waals surface area contributed by atoms with Gasteiger partial charge in [0.2, 0.25) is 0 Å². The van der Waals surface area contributed by atoms with E-state index < -0.39 is 0 Å². The smallest absolute Gasteiger partial charge is 0.0555 e. The van der Waals surface area contributed by atoms with Gasteiger partial charge in [0, 0.05) is 18.6 Å². The topological polar surface area (TPSA) is 23.5 Å². The van der Waals surface area contributed by atoms with E-state index in [-0.39, 0.29) is 6.10 Å². The van der Waals surface area contributed by atoms with Crippen LogP contribution in [0.3, 0.4) is 0 Å². The molecule has 0 spiro atoms. The van der Waals surface area contributed by atoms with E-state index in [1.807, 2.05) is 0 Å². The van der Waals surface area contributed by atoms with E-state index in [1.165, 1.54) is 38.6 Å². The van der Waals surface area contributed by atoms with Crippen LogP contribution >= 0.6 is 0 Å². The van der Waals surface area contributed by atoms with Gasteiger partial charge >= 0.3 is 0 Å². The van der Waals surface area contributed by atoms with Crippen molar-refractivity contribution in [2.45, 2.75) is 77.0 Å². The van der Waals surface area contributed by atoms with Crippen LogP contribution < -0.4 is 0 Å². The molecule has 104 valence electrons. The van der Waals surface area contributed by atoms with Crippen LogP contribution in [0.5, 0.6) is 0 Å². The van der Waals surface area contributed by atoms with Crippen molar-refractivity contribution in [3.63, 3.8) is 0 Å². The Balaban J connectivity index is 1.70. The van der Waals surface area contributed by atoms with Crippen molar-refractivity contribution >= 4 is 0 Å². The van der Waals surface area contributed by atoms with Gasteiger partial charge in [0.05, 0.1) is 6.10 Å². The zero-order chi connectivity index (χ0) is 12.7. The van der Waals surface area contributed by atoms with Crippen LogP contribution in [0.1, 0.15) is 58.8 Å². The van der Waals surface area contributed by atoms with E-state index in [0.29, 0.717) is 6.04 Å². The van der Waals surface area contributed by atoms with E-state index in [9.17, 15) is 5.11 Å². The second-order valence-corrected chi connectivity index (χ2v) is 7.31. The molecule has 0 aliphatic heterocycles. The summed E-state index contributed by atoms with van der Waals surface area (Å²) in [6, 6.07) is 1.53. The molecule has 0 bridgehead atoms. The monoisotopic (exact) mass is 251 g/mol. The molecule has 3 aliphatic carbocycles. The average molecular weight is 251 g/mol. The van der Waals surface area contributed by atoms with Crippen molar-refractivity contribution in [3.05, 3.63) is 0 Å². The lowest BCUT2D eigenvalue weighted by Gasteiger charge is -2.44. The Bertz CT molecular complexity index is 283. The third kappa shape index (κ3) is 2.91. The molecule has 3 fully saturated rings. The number of hydrogen-bond donors (Lipinski definition) is 1. The number of aliphatic hydroxyl groups is 1. The highest BCUT2D eigenvalue weighted by Gasteiger charge is 2.43. The number of rotatable bonds is 5. The van der Waals surface area contributed by atoms with Gasteiger partial charge in [-0.15, -0.1) is 0 Å². The molecule has 3 aliphatic rings. The van der Waals surface area contributed by atoms with Crippen molar-refractivity contribution in [1.29, 1.82) is 0 Å². The fraction of sp³-hybridized carbons (Fsp3) is 1.00. The zero-order valence-corrected chi connectivity index (χ0v) is 12.0. The van der Waals surface area contributed by atoms with Gasteiger partial charge in [0.25, 0.3) is 0 Å². The van der Waals surface area contributed by atoms with Crippen molar-refractivity contribution in [3.8, 4) is 0 Å². The summed E-state index contributed by atoms with van der Waals surface area (Å²) in [4.78, 5) is 2.81. The van der Waals surface area contributed by atoms with Crippen LogP contribution in [0.15, 0.2) is 0 Å². The van der Waals surface area contributed by atoms with Gasteiger partial charge in [-0.1, -0.05) is 13.8 Å². The molecule has 2 nitrogen and oxygen atoms in total. The lowest BCUT2D eigenvalue weighted by Crippen LogP contribution is -2.49. The molecule has 0 heterocycles. The second kappa shape index (κ2) is 5.13. The molecule has 1 N–H and O–H groups in total. The predicted molar refractivity (Wildman–Crippen MR) is 74.4 cm³/mol. The zero-order valence-electron chi connectivity index (χ0n) is 12.0. The maximum absolute atomic E-state index is 10.1. The summed E-state index contributed by atoms with van der Waals surface area (Å²) in [5, 5.41) is 10.1. The van der Waals surface area contributed by atoms with Gasteiger partial charge < -0.3 is 5.11 Å². The van der Waals surface area contributed by atoms with E-state index >= 15 is 0 Å². The van der Waals surface area contributed by atoms with Gasteiger partial charge in [0.1, 0.15) is 0 Å². The van der Waals surface area contributed by atoms with Crippen molar-refractivity contribution in [1.82, 2.24) is 4.90 Å². The van der Waals surface area contributed by atoms with Crippen LogP contribution in [0.4, 0.5) is 0 Å². The van der Waals surface area contributed by atoms with E-state index in [0.717, 1.165) is 36.6 Å². The molecule has 2 heteroatoms. The summed E-state index contributed by atoms with van der Waals surface area (Å²) < 4.78 is 0. The molecule has 0 amide bonds. The van der Waals surface area contributed by atoms with Gasteiger partial charge in [-0.05, 0) is 62.7 Å². The van der Waals surface area contributed by atoms with E-state index in [1.54, 1.807) is 0 Å². The first kappa shape index (κ1) is 12.9. The van der Waals surface area contributed by atoms with Crippen LogP contribution in [-0.4, -0.2) is 34.7 Å². The van der Waals surface area contributed by atoms with Gasteiger partial charge in [-0.25, -0.2) is 0 Å². The Morgan fingerprint density at radius 2 is 1.78 bits per heavy atom. The van der Waals surface area contributed by atoms with Gasteiger partial charge in [-0.2, -0.15) is 0 Å². The maximum Gasteiger partial charge on any atom is 0.0555 e. The molecular weight excluding hydrogens is 222 g/mol. The summed E-state index contributed by atoms with van der Waals surface area (Å²) in [6.45, 7) is 6.07. The molecule has 18 heavy (non-hydrogen) atoms. The molecule has 3 saturated carbocycles. The maximum atomic E-state index is 10.1. The largest absolute Gasteiger partial charge is 0.393 e. The molecule has 0 aromatic heterocycles. The molecule has 0 aromatic rings. The van der Waals surface area contributed by atoms with Crippen molar-refractivity contribution in [2.75, 3.05) is 6.54 Å². The summed E-state index contributed by atoms with van der Waals surface area (Å²) in [6.07, 6.45) is 8.97. The minimum absolute atomic E-state index is 0.0366. The van der Waals surface area contributed by atoms with Gasteiger partial charge in [0.15, 0.2) is 0 Å². The lowest BCUT2D eigenvalue weighted by atomic mass is 9.76. The normalized spacial score (nSPS) is 37.5. The summed E-state index contributed by atoms with van der Waals surface area (Å²) in [5.74, 6) is 2.56. The molecule has 3 atom stereocenters. The Morgan fingerprint density at radius 3 is 2.33 bits per heavy atom. The summed E-state index contributed by atoms with van der Waals surface area (Å²) >= 11 is 0. The quantitative estimate of drug-likeness (QED) is 0.812. The predicted octanol–water partition coefficient (Wildman–Crippen LogP) is 3.05. The highest BCUT2D eigenvalue weighted by molar-refractivity contribution is 4.97. The highest BCUT2D eigenvalue weighted by Crippen LogP contribution is 2.42. The first-order valence-electron chi connectivity index (χ1n) is 8.09. The standard InChI is InChI=1S/C16H29NO/c1-11(2)15-8-7-14(18)9-16(15)17(13-5-6-13)10-12-3-4-12/h11-16,18H,3-10H2,1-2H3. The lowest BCUT2D eigenvalue weighted by molar-refractivity contribution is 0.00584. The third-order valence-electron chi connectivity index (χ3n) is 5.31. The molecule has 3 unspecified atom stereocenters. The van der Waals surface area contributed by atoms with E-state index in [4.69, 9.17) is 0 Å². The average Bonchev–Trinajstić information content (AvgIpc) is 3.18. The molecular formula is C16H29NO. The van der Waals surface area contributed by atoms with Crippen LogP contribution in [0.25, 0.3) is 0 Å². The Hall–Kier alpha value is -0.0800. The number of nitrogens with zero attached hydrogens (tertiary/aromatic N) is 1. The van der Waals surface area contributed by atoms with Crippen LogP contribution in [0.2, 0.25) is 0 Å². The first-order chi connectivity index (χ1) is 8.65. The van der Waals surface area contributed by atoms with Crippen molar-refractivity contribution in [2.24, 2.45) is 17.8 Å². The van der Waals surface area contributed by atoms with E-state index in [2.05, 4.69) is 18.7 Å². The third-order valence-corrected chi connectivity index (χ3v) is 5.31. The van der Waals surface area contributed by atoms with Crippen LogP contribution in [0, 0.1) is 17.8 Å². The first-order valence-corrected chi connectivity index (χ1v) is 8.09. The Kier molecular flexibility index (Phi) is 3.68. The summed E-state index contributed by atoms with van der Waals surface area (Å²) in [5.41, 5.74) is 0. The van der Waals surface area contributed by atoms with Crippen LogP contribution in [-0.2, 0) is 0 Å². The second-order valence-electron chi connectivity index (χ2n) is 7.31. The van der Waals surface area contributed by atoms with Gasteiger partial charge in [-0.3, -0.25) is 4.90 Å². The fourth-order valence-electron chi connectivity index (χ4n) is 3.87. The summed E-state index contributed by atoms with van der Waals surface area (Å²) in [7, 11) is 0. The Morgan fingerprint density at radius 1 is 1.06 bits per heavy atom. The minimum Gasteiger partial charge on any atom is -0.393 e. The molecule has 3 rings (SSSR count). The molecule has 0 aromatic carbocycles. The molecule has 0 saturated heterocycles.